The van der Waals surface area contributed by atoms with Crippen LogP contribution >= 0.6 is 0 Å². The first-order valence-electron chi connectivity index (χ1n) is 6.75. The second-order valence-corrected chi connectivity index (χ2v) is 5.45. The van der Waals surface area contributed by atoms with Crippen LogP contribution in [-0.4, -0.2) is 43.7 Å². The van der Waals surface area contributed by atoms with Crippen LogP contribution in [0.2, 0.25) is 0 Å². The van der Waals surface area contributed by atoms with E-state index in [0.717, 1.165) is 25.9 Å². The minimum Gasteiger partial charge on any atom is -0.378 e. The number of carbonyl (C=O) groups excluding carboxylic acids is 1. The molecule has 1 N–H and O–H groups in total. The largest absolute Gasteiger partial charge is 0.378 e. The van der Waals surface area contributed by atoms with Gasteiger partial charge in [-0.05, 0) is 33.1 Å². The molecule has 2 saturated heterocycles. The third-order valence-electron chi connectivity index (χ3n) is 3.28. The summed E-state index contributed by atoms with van der Waals surface area (Å²) in [5, 5.41) is 2.89. The van der Waals surface area contributed by atoms with Gasteiger partial charge in [0.15, 0.2) is 5.79 Å². The predicted octanol–water partition coefficient (Wildman–Crippen LogP) is 1.21. The van der Waals surface area contributed by atoms with E-state index >= 15 is 0 Å². The molecule has 2 aliphatic heterocycles. The molecular weight excluding hydrogens is 234 g/mol. The van der Waals surface area contributed by atoms with Gasteiger partial charge in [0.2, 0.25) is 5.91 Å². The third-order valence-corrected chi connectivity index (χ3v) is 3.28. The minimum atomic E-state index is -0.526. The van der Waals surface area contributed by atoms with Crippen molar-refractivity contribution in [3.8, 4) is 0 Å². The fraction of sp³-hybridized carbons (Fsp3) is 0.923. The third kappa shape index (κ3) is 4.23. The number of hydrogen-bond donors (Lipinski definition) is 1. The first kappa shape index (κ1) is 13.8. The molecule has 2 atom stereocenters. The van der Waals surface area contributed by atoms with Crippen LogP contribution in [0.15, 0.2) is 0 Å². The number of carbonyl (C=O) groups is 1. The van der Waals surface area contributed by atoms with Crippen LogP contribution in [0.25, 0.3) is 0 Å². The molecule has 104 valence electrons. The molecule has 2 fully saturated rings. The molecule has 5 heteroatoms. The smallest absolute Gasteiger partial charge is 0.222 e. The standard InChI is InChI=1S/C13H23NO4/c1-13(2)17-9-11(18-13)8-14-12(15)7-10-5-3-4-6-16-10/h10-11H,3-9H2,1-2H3,(H,14,15). The van der Waals surface area contributed by atoms with E-state index in [1.54, 1.807) is 0 Å². The average Bonchev–Trinajstić information content (AvgIpc) is 2.68. The highest BCUT2D eigenvalue weighted by Crippen LogP contribution is 2.21. The van der Waals surface area contributed by atoms with Crippen molar-refractivity contribution >= 4 is 5.91 Å². The number of rotatable bonds is 4. The van der Waals surface area contributed by atoms with Gasteiger partial charge < -0.3 is 19.5 Å². The number of hydrogen-bond acceptors (Lipinski definition) is 4. The second kappa shape index (κ2) is 5.99. The van der Waals surface area contributed by atoms with Crippen molar-refractivity contribution in [3.63, 3.8) is 0 Å². The molecule has 1 amide bonds. The van der Waals surface area contributed by atoms with Gasteiger partial charge in [-0.15, -0.1) is 0 Å². The van der Waals surface area contributed by atoms with Gasteiger partial charge in [0.05, 0.1) is 19.1 Å². The lowest BCUT2D eigenvalue weighted by Gasteiger charge is -2.22. The lowest BCUT2D eigenvalue weighted by atomic mass is 10.1. The van der Waals surface area contributed by atoms with E-state index < -0.39 is 5.79 Å². The molecule has 0 aromatic carbocycles. The zero-order valence-corrected chi connectivity index (χ0v) is 11.2. The van der Waals surface area contributed by atoms with Gasteiger partial charge in [0, 0.05) is 13.2 Å². The molecule has 2 rings (SSSR count). The quantitative estimate of drug-likeness (QED) is 0.822. The number of amides is 1. The molecule has 5 nitrogen and oxygen atoms in total. The van der Waals surface area contributed by atoms with Crippen molar-refractivity contribution in [3.05, 3.63) is 0 Å². The Morgan fingerprint density at radius 3 is 2.78 bits per heavy atom. The zero-order chi connectivity index (χ0) is 13.0. The van der Waals surface area contributed by atoms with E-state index in [-0.39, 0.29) is 18.1 Å². The molecule has 0 spiro atoms. The number of nitrogens with one attached hydrogen (secondary N) is 1. The number of ether oxygens (including phenoxy) is 3. The first-order valence-corrected chi connectivity index (χ1v) is 6.75. The highest BCUT2D eigenvalue weighted by Gasteiger charge is 2.32. The molecule has 0 radical (unpaired) electrons. The summed E-state index contributed by atoms with van der Waals surface area (Å²) in [4.78, 5) is 11.7. The van der Waals surface area contributed by atoms with Gasteiger partial charge in [-0.1, -0.05) is 0 Å². The lowest BCUT2D eigenvalue weighted by molar-refractivity contribution is -0.140. The first-order chi connectivity index (χ1) is 8.55. The molecule has 0 aromatic rings. The van der Waals surface area contributed by atoms with Crippen LogP contribution < -0.4 is 5.32 Å². The van der Waals surface area contributed by atoms with Gasteiger partial charge in [-0.2, -0.15) is 0 Å². The summed E-state index contributed by atoms with van der Waals surface area (Å²) in [5.74, 6) is -0.489. The van der Waals surface area contributed by atoms with E-state index in [2.05, 4.69) is 5.32 Å². The molecular formula is C13H23NO4. The lowest BCUT2D eigenvalue weighted by Crippen LogP contribution is -2.36. The second-order valence-electron chi connectivity index (χ2n) is 5.45. The Morgan fingerprint density at radius 1 is 1.33 bits per heavy atom. The molecule has 0 saturated carbocycles. The molecule has 2 unspecified atom stereocenters. The van der Waals surface area contributed by atoms with Gasteiger partial charge in [-0.25, -0.2) is 0 Å². The monoisotopic (exact) mass is 257 g/mol. The molecule has 0 aromatic heterocycles. The summed E-state index contributed by atoms with van der Waals surface area (Å²) in [6.07, 6.45) is 3.76. The van der Waals surface area contributed by atoms with E-state index in [9.17, 15) is 4.79 Å². The van der Waals surface area contributed by atoms with Gasteiger partial charge in [-0.3, -0.25) is 4.79 Å². The summed E-state index contributed by atoms with van der Waals surface area (Å²) in [6.45, 7) is 5.59. The predicted molar refractivity (Wildman–Crippen MR) is 66.1 cm³/mol. The van der Waals surface area contributed by atoms with E-state index in [1.807, 2.05) is 13.8 Å². The fourth-order valence-corrected chi connectivity index (χ4v) is 2.34. The maximum absolute atomic E-state index is 11.7. The maximum atomic E-state index is 11.7. The van der Waals surface area contributed by atoms with Crippen LogP contribution in [0.1, 0.15) is 39.5 Å². The van der Waals surface area contributed by atoms with Crippen LogP contribution in [0.3, 0.4) is 0 Å². The topological polar surface area (TPSA) is 56.8 Å². The summed E-state index contributed by atoms with van der Waals surface area (Å²) >= 11 is 0. The van der Waals surface area contributed by atoms with Crippen LogP contribution in [-0.2, 0) is 19.0 Å². The maximum Gasteiger partial charge on any atom is 0.222 e. The Labute approximate surface area is 108 Å². The summed E-state index contributed by atoms with van der Waals surface area (Å²) in [5.41, 5.74) is 0. The Morgan fingerprint density at radius 2 is 2.17 bits per heavy atom. The Bertz CT molecular complexity index is 287. The van der Waals surface area contributed by atoms with Gasteiger partial charge >= 0.3 is 0 Å². The highest BCUT2D eigenvalue weighted by atomic mass is 16.7. The van der Waals surface area contributed by atoms with Crippen molar-refractivity contribution in [1.29, 1.82) is 0 Å². The molecule has 18 heavy (non-hydrogen) atoms. The molecule has 2 heterocycles. The van der Waals surface area contributed by atoms with Crippen molar-refractivity contribution in [2.75, 3.05) is 19.8 Å². The zero-order valence-electron chi connectivity index (χ0n) is 11.2. The normalized spacial score (nSPS) is 31.2. The van der Waals surface area contributed by atoms with Crippen LogP contribution in [0, 0.1) is 0 Å². The summed E-state index contributed by atoms with van der Waals surface area (Å²) in [6, 6.07) is 0. The minimum absolute atomic E-state index is 0.0372. The Hall–Kier alpha value is -0.650. The van der Waals surface area contributed by atoms with Crippen molar-refractivity contribution < 1.29 is 19.0 Å². The van der Waals surface area contributed by atoms with Crippen LogP contribution in [0.5, 0.6) is 0 Å². The molecule has 0 bridgehead atoms. The summed E-state index contributed by atoms with van der Waals surface area (Å²) in [7, 11) is 0. The molecule has 2 aliphatic rings. The van der Waals surface area contributed by atoms with Gasteiger partial charge in [0.1, 0.15) is 6.10 Å². The SMILES string of the molecule is CC1(C)OCC(CNC(=O)CC2CCCCO2)O1. The fourth-order valence-electron chi connectivity index (χ4n) is 2.34. The average molecular weight is 257 g/mol. The van der Waals surface area contributed by atoms with E-state index in [0.29, 0.717) is 19.6 Å². The van der Waals surface area contributed by atoms with Crippen molar-refractivity contribution in [1.82, 2.24) is 5.32 Å². The Balaban J connectivity index is 1.63. The molecule has 0 aliphatic carbocycles. The van der Waals surface area contributed by atoms with Crippen molar-refractivity contribution in [2.45, 2.75) is 57.5 Å². The Kier molecular flexibility index (Phi) is 4.59. The van der Waals surface area contributed by atoms with Crippen LogP contribution in [0.4, 0.5) is 0 Å². The van der Waals surface area contributed by atoms with Crippen molar-refractivity contribution in [2.24, 2.45) is 0 Å². The summed E-state index contributed by atoms with van der Waals surface area (Å²) < 4.78 is 16.6. The van der Waals surface area contributed by atoms with E-state index in [1.165, 1.54) is 0 Å². The highest BCUT2D eigenvalue weighted by molar-refractivity contribution is 5.76. The van der Waals surface area contributed by atoms with Gasteiger partial charge in [0.25, 0.3) is 0 Å². The van der Waals surface area contributed by atoms with E-state index in [4.69, 9.17) is 14.2 Å².